The molecule has 1 saturated heterocycles. The minimum Gasteiger partial charge on any atom is -0.377 e. The van der Waals surface area contributed by atoms with E-state index in [1.807, 2.05) is 23.9 Å². The number of halogens is 1. The standard InChI is InChI=1S/C45H49FN8O12/c1-27(48-42(58)28-6-11-35-32(22-28)33-24-52(2)51-41(33)53(35)30-9-7-29(46)8-10-30)23-47-38(56)25-65-20-18-63-16-14-62-15-17-64-19-21-66-26-39(57)49-34-5-3-4-31-40(34)45(61)54(44(31)60)36-12-13-37(55)50-43(36)59/h3-11,22,24,27,36H,12-21,23,25-26H2,1-2H3,(H,47,56)(H,48,58)(H,49,57)(H,50,55,59). The first-order chi connectivity index (χ1) is 31.9. The Bertz CT molecular complexity index is 2630. The third-order valence-corrected chi connectivity index (χ3v) is 10.6. The number of carbonyl (C=O) groups is 7. The van der Waals surface area contributed by atoms with E-state index in [1.165, 1.54) is 30.3 Å². The van der Waals surface area contributed by atoms with Crippen LogP contribution in [0.25, 0.3) is 27.6 Å². The maximum Gasteiger partial charge on any atom is 0.264 e. The number of nitrogens with one attached hydrogen (secondary N) is 4. The first-order valence-electron chi connectivity index (χ1n) is 21.2. The third kappa shape index (κ3) is 11.3. The lowest BCUT2D eigenvalue weighted by atomic mass is 10.0. The number of benzene rings is 3. The molecule has 7 amide bonds. The van der Waals surface area contributed by atoms with Crippen LogP contribution in [0.4, 0.5) is 10.1 Å². The van der Waals surface area contributed by atoms with E-state index >= 15 is 0 Å². The molecule has 7 rings (SSSR count). The molecule has 0 aliphatic carbocycles. The van der Waals surface area contributed by atoms with Crippen LogP contribution in [0.3, 0.4) is 0 Å². The van der Waals surface area contributed by atoms with Crippen molar-refractivity contribution < 1.29 is 61.6 Å². The smallest absolute Gasteiger partial charge is 0.264 e. The highest BCUT2D eigenvalue weighted by Gasteiger charge is 2.45. The van der Waals surface area contributed by atoms with Gasteiger partial charge >= 0.3 is 0 Å². The molecule has 4 heterocycles. The lowest BCUT2D eigenvalue weighted by Crippen LogP contribution is -2.54. The molecular formula is C45H49FN8O12. The van der Waals surface area contributed by atoms with Gasteiger partial charge in [0.25, 0.3) is 17.7 Å². The van der Waals surface area contributed by atoms with E-state index in [0.717, 1.165) is 26.9 Å². The van der Waals surface area contributed by atoms with Crippen LogP contribution in [0, 0.1) is 5.82 Å². The summed E-state index contributed by atoms with van der Waals surface area (Å²) in [5.74, 6) is -4.17. The van der Waals surface area contributed by atoms with E-state index in [4.69, 9.17) is 23.7 Å². The number of imide groups is 2. The fourth-order valence-electron chi connectivity index (χ4n) is 7.47. The number of fused-ring (bicyclic) bond motifs is 4. The van der Waals surface area contributed by atoms with Gasteiger partial charge in [-0.1, -0.05) is 6.07 Å². The first kappa shape index (κ1) is 47.1. The molecule has 0 spiro atoms. The fourth-order valence-corrected chi connectivity index (χ4v) is 7.47. The van der Waals surface area contributed by atoms with Gasteiger partial charge in [-0.25, -0.2) is 4.39 Å². The Labute approximate surface area is 377 Å². The number of hydrogen-bond acceptors (Lipinski definition) is 13. The van der Waals surface area contributed by atoms with Crippen LogP contribution in [0.1, 0.15) is 50.8 Å². The Hall–Kier alpha value is -6.91. The van der Waals surface area contributed by atoms with E-state index in [0.29, 0.717) is 24.4 Å². The van der Waals surface area contributed by atoms with Crippen LogP contribution in [-0.2, 0) is 49.9 Å². The molecule has 21 heteroatoms. The molecule has 0 radical (unpaired) electrons. The highest BCUT2D eigenvalue weighted by Crippen LogP contribution is 2.33. The summed E-state index contributed by atoms with van der Waals surface area (Å²) in [6.07, 6.45) is 1.88. The van der Waals surface area contributed by atoms with Gasteiger partial charge in [-0.3, -0.25) is 53.0 Å². The van der Waals surface area contributed by atoms with Crippen molar-refractivity contribution in [3.63, 3.8) is 0 Å². The van der Waals surface area contributed by atoms with Crippen molar-refractivity contribution in [3.05, 3.63) is 89.4 Å². The van der Waals surface area contributed by atoms with E-state index < -0.39 is 35.6 Å². The molecule has 2 aliphatic heterocycles. The van der Waals surface area contributed by atoms with E-state index in [-0.39, 0.29) is 113 Å². The molecule has 3 aromatic carbocycles. The van der Waals surface area contributed by atoms with Gasteiger partial charge in [0.2, 0.25) is 23.6 Å². The zero-order chi connectivity index (χ0) is 46.7. The molecule has 348 valence electrons. The van der Waals surface area contributed by atoms with E-state index in [9.17, 15) is 38.0 Å². The number of amides is 7. The third-order valence-electron chi connectivity index (χ3n) is 10.6. The SMILES string of the molecule is CC(CNC(=O)COCCOCCOCCOCCOCC(=O)Nc1cccc2c1C(=O)N(C1CCC(=O)NC1=O)C2=O)NC(=O)c1ccc2c(c1)c1cn(C)nc1n2-c1ccc(F)cc1. The topological polar surface area (TPSA) is 240 Å². The van der Waals surface area contributed by atoms with E-state index in [1.54, 1.807) is 35.9 Å². The number of anilines is 1. The zero-order valence-electron chi connectivity index (χ0n) is 36.3. The number of carbonyl (C=O) groups excluding carboxylic acids is 7. The highest BCUT2D eigenvalue weighted by molar-refractivity contribution is 6.26. The van der Waals surface area contributed by atoms with Gasteiger partial charge in [-0.05, 0) is 67.9 Å². The fraction of sp³-hybridized carbons (Fsp3) is 0.378. The average Bonchev–Trinajstić information content (AvgIpc) is 3.90. The molecule has 2 unspecified atom stereocenters. The Kier molecular flexibility index (Phi) is 15.6. The van der Waals surface area contributed by atoms with Crippen molar-refractivity contribution in [2.75, 3.05) is 77.9 Å². The van der Waals surface area contributed by atoms with Crippen LogP contribution in [0.5, 0.6) is 0 Å². The zero-order valence-corrected chi connectivity index (χ0v) is 36.3. The molecule has 1 fully saturated rings. The Morgan fingerprint density at radius 2 is 1.47 bits per heavy atom. The van der Waals surface area contributed by atoms with Crippen molar-refractivity contribution in [2.45, 2.75) is 31.8 Å². The second-order valence-electron chi connectivity index (χ2n) is 15.4. The minimum atomic E-state index is -1.12. The number of piperidine rings is 1. The molecule has 2 atom stereocenters. The molecular weight excluding hydrogens is 864 g/mol. The van der Waals surface area contributed by atoms with Crippen LogP contribution in [0.15, 0.2) is 66.9 Å². The molecule has 0 bridgehead atoms. The monoisotopic (exact) mass is 912 g/mol. The van der Waals surface area contributed by atoms with Crippen LogP contribution < -0.4 is 21.3 Å². The van der Waals surface area contributed by atoms with Crippen LogP contribution >= 0.6 is 0 Å². The summed E-state index contributed by atoms with van der Waals surface area (Å²) in [5, 5.41) is 16.6. The number of rotatable bonds is 23. The average molecular weight is 913 g/mol. The van der Waals surface area contributed by atoms with Gasteiger partial charge < -0.3 is 39.6 Å². The molecule has 2 aromatic heterocycles. The summed E-state index contributed by atoms with van der Waals surface area (Å²) in [4.78, 5) is 88.9. The predicted octanol–water partition coefficient (Wildman–Crippen LogP) is 2.01. The predicted molar refractivity (Wildman–Crippen MR) is 233 cm³/mol. The number of hydrogen-bond donors (Lipinski definition) is 4. The second-order valence-corrected chi connectivity index (χ2v) is 15.4. The van der Waals surface area contributed by atoms with E-state index in [2.05, 4.69) is 26.4 Å². The van der Waals surface area contributed by atoms with Crippen molar-refractivity contribution >= 4 is 69.0 Å². The molecule has 2 aliphatic rings. The van der Waals surface area contributed by atoms with Crippen LogP contribution in [0.2, 0.25) is 0 Å². The Balaban J connectivity index is 0.690. The Morgan fingerprint density at radius 3 is 2.14 bits per heavy atom. The second kappa shape index (κ2) is 21.8. The van der Waals surface area contributed by atoms with Crippen molar-refractivity contribution in [2.24, 2.45) is 7.05 Å². The molecule has 20 nitrogen and oxygen atoms in total. The molecule has 5 aromatic rings. The normalized spacial score (nSPS) is 15.3. The van der Waals surface area contributed by atoms with Crippen molar-refractivity contribution in [1.82, 2.24) is 35.2 Å². The number of nitrogens with zero attached hydrogens (tertiary/aromatic N) is 4. The van der Waals surface area contributed by atoms with Gasteiger partial charge in [0.1, 0.15) is 25.1 Å². The summed E-state index contributed by atoms with van der Waals surface area (Å²) in [6.45, 7) is 3.32. The van der Waals surface area contributed by atoms with Crippen molar-refractivity contribution in [1.29, 1.82) is 0 Å². The lowest BCUT2D eigenvalue weighted by Gasteiger charge is -2.27. The summed E-state index contributed by atoms with van der Waals surface area (Å²) >= 11 is 0. The van der Waals surface area contributed by atoms with Gasteiger partial charge in [0, 0.05) is 54.3 Å². The summed E-state index contributed by atoms with van der Waals surface area (Å²) in [7, 11) is 1.81. The highest BCUT2D eigenvalue weighted by atomic mass is 19.1. The number of aromatic nitrogens is 3. The van der Waals surface area contributed by atoms with Crippen molar-refractivity contribution in [3.8, 4) is 5.69 Å². The summed E-state index contributed by atoms with van der Waals surface area (Å²) < 4.78 is 44.4. The Morgan fingerprint density at radius 1 is 0.818 bits per heavy atom. The summed E-state index contributed by atoms with van der Waals surface area (Å²) in [5.41, 5.74) is 2.80. The van der Waals surface area contributed by atoms with Gasteiger partial charge in [0.05, 0.1) is 75.2 Å². The number of aryl methyl sites for hydroxylation is 1. The maximum absolute atomic E-state index is 13.6. The summed E-state index contributed by atoms with van der Waals surface area (Å²) in [6, 6.07) is 14.4. The quantitative estimate of drug-likeness (QED) is 0.0543. The minimum absolute atomic E-state index is 0.00753. The lowest BCUT2D eigenvalue weighted by molar-refractivity contribution is -0.136. The first-order valence-corrected chi connectivity index (χ1v) is 21.2. The van der Waals surface area contributed by atoms with Crippen LogP contribution in [-0.4, -0.2) is 145 Å². The van der Waals surface area contributed by atoms with Gasteiger partial charge in [-0.15, -0.1) is 0 Å². The molecule has 4 N–H and O–H groups in total. The number of ether oxygens (including phenoxy) is 5. The molecule has 0 saturated carbocycles. The molecule has 66 heavy (non-hydrogen) atoms. The maximum atomic E-state index is 13.6. The largest absolute Gasteiger partial charge is 0.377 e. The van der Waals surface area contributed by atoms with Gasteiger partial charge in [0.15, 0.2) is 5.65 Å². The van der Waals surface area contributed by atoms with Gasteiger partial charge in [-0.2, -0.15) is 5.10 Å².